The number of H-pyrrole nitrogens is 2. The van der Waals surface area contributed by atoms with Crippen LogP contribution in [0.15, 0.2) is 219 Å². The van der Waals surface area contributed by atoms with Crippen molar-refractivity contribution < 1.29 is 130 Å². The molecule has 0 bridgehead atoms. The van der Waals surface area contributed by atoms with E-state index in [0.717, 1.165) is 25.7 Å². The Bertz CT molecular complexity index is 3910. The summed E-state index contributed by atoms with van der Waals surface area (Å²) in [5, 5.41) is 93.3. The number of carboxylic acids is 4. The predicted molar refractivity (Wildman–Crippen MR) is 349 cm³/mol. The maximum absolute atomic E-state index is 12.9. The molecule has 0 unspecified atom stereocenters. The number of pyridine rings is 4. The predicted octanol–water partition coefficient (Wildman–Crippen LogP) is 3.85. The van der Waals surface area contributed by atoms with Gasteiger partial charge in [-0.2, -0.15) is 0 Å². The monoisotopic (exact) mass is 1390 g/mol. The number of carbonyl (C=O) groups is 4. The SMILES string of the molecule is O.O.O.O.O=C(O)c1cc2ccccc2c(Cc2c(O)c(C(=O)[O-])cc3ccccc23)c1[O-].O=C(O)c1cc2ccccc2c(Cc2c(O)c(C(=O)[O-])cc3ccccc23)c1[O-].[Cd+2].[OH3+].[OH3+].c1cc(CCCc2cc[nH+]cc2)ccn1.c1cc(CCCc2cc[nH+]cc2)ccn1. The number of aryl methyl sites for hydroxylation is 4. The van der Waals surface area contributed by atoms with Crippen LogP contribution in [0.1, 0.15) is 98.8 Å². The second-order valence-electron chi connectivity index (χ2n) is 20.6. The average Bonchev–Trinajstić information content (AvgIpc) is 0.776. The number of hydrogen-bond acceptors (Lipinski definition) is 12. The molecule has 95 heavy (non-hydrogen) atoms. The summed E-state index contributed by atoms with van der Waals surface area (Å²) >= 11 is 0. The molecule has 23 heteroatoms. The summed E-state index contributed by atoms with van der Waals surface area (Å²) in [4.78, 5) is 60.2. The van der Waals surface area contributed by atoms with Crippen LogP contribution in [0, 0.1) is 0 Å². The Morgan fingerprint density at radius 2 is 0.632 bits per heavy atom. The van der Waals surface area contributed by atoms with E-state index in [1.54, 1.807) is 97.1 Å². The van der Waals surface area contributed by atoms with Gasteiger partial charge in [0.05, 0.1) is 23.1 Å². The van der Waals surface area contributed by atoms with E-state index in [1.165, 1.54) is 59.4 Å². The number of fused-ring (bicyclic) bond motifs is 4. The molecule has 0 spiro atoms. The van der Waals surface area contributed by atoms with E-state index in [-0.39, 0.29) is 118 Å². The number of aromatic carboxylic acids is 4. The van der Waals surface area contributed by atoms with Gasteiger partial charge in [0, 0.05) is 84.1 Å². The Kier molecular flexibility index (Phi) is 32.3. The first-order chi connectivity index (χ1) is 42.7. The van der Waals surface area contributed by atoms with Crippen LogP contribution in [-0.2, 0) is 76.8 Å². The van der Waals surface area contributed by atoms with Gasteiger partial charge in [-0.25, -0.2) is 19.6 Å². The van der Waals surface area contributed by atoms with Gasteiger partial charge in [-0.05, 0) is 164 Å². The van der Waals surface area contributed by atoms with Gasteiger partial charge < -0.3 is 83.3 Å². The largest absolute Gasteiger partial charge is 2.00 e. The van der Waals surface area contributed by atoms with Crippen LogP contribution in [0.5, 0.6) is 23.0 Å². The molecular formula is C72H72CdN4O18+2. The van der Waals surface area contributed by atoms with E-state index in [0.29, 0.717) is 43.1 Å². The van der Waals surface area contributed by atoms with Crippen molar-refractivity contribution in [1.82, 2.24) is 9.97 Å². The number of carboxylic acid groups (broad SMARTS) is 4. The minimum Gasteiger partial charge on any atom is -0.872 e. The molecule has 0 aliphatic carbocycles. The summed E-state index contributed by atoms with van der Waals surface area (Å²) in [5.41, 5.74) is 4.81. The fourth-order valence-electron chi connectivity index (χ4n) is 10.6. The van der Waals surface area contributed by atoms with Crippen molar-refractivity contribution >= 4 is 67.0 Å². The summed E-state index contributed by atoms with van der Waals surface area (Å²) in [5.74, 6) is -8.10. The Morgan fingerprint density at radius 3 is 0.905 bits per heavy atom. The Balaban J connectivity index is 0.000000438. The zero-order valence-electron chi connectivity index (χ0n) is 51.3. The molecule has 4 heterocycles. The minimum absolute atomic E-state index is 0. The van der Waals surface area contributed by atoms with Gasteiger partial charge in [0.2, 0.25) is 0 Å². The Labute approximate surface area is 564 Å². The second kappa shape index (κ2) is 38.2. The summed E-state index contributed by atoms with van der Waals surface area (Å²) in [7, 11) is 0. The van der Waals surface area contributed by atoms with Crippen molar-refractivity contribution in [3.63, 3.8) is 0 Å². The number of nitrogens with one attached hydrogen (secondary N) is 2. The second-order valence-corrected chi connectivity index (χ2v) is 20.6. The van der Waals surface area contributed by atoms with Crippen molar-refractivity contribution in [1.29, 1.82) is 0 Å². The quantitative estimate of drug-likeness (QED) is 0.0789. The van der Waals surface area contributed by atoms with Crippen molar-refractivity contribution in [2.24, 2.45) is 0 Å². The molecule has 4 aromatic heterocycles. The first-order valence-electron chi connectivity index (χ1n) is 28.1. The molecule has 22 nitrogen and oxygen atoms in total. The molecule has 8 aromatic carbocycles. The Morgan fingerprint density at radius 1 is 0.379 bits per heavy atom. The number of aromatic amines is 2. The third-order valence-electron chi connectivity index (χ3n) is 15.0. The molecule has 0 aliphatic heterocycles. The molecule has 0 saturated heterocycles. The van der Waals surface area contributed by atoms with Gasteiger partial charge in [-0.15, -0.1) is 0 Å². The van der Waals surface area contributed by atoms with Gasteiger partial charge in [-0.1, -0.05) is 109 Å². The number of rotatable bonds is 16. The van der Waals surface area contributed by atoms with Crippen LogP contribution in [0.4, 0.5) is 0 Å². The summed E-state index contributed by atoms with van der Waals surface area (Å²) < 4.78 is 0. The van der Waals surface area contributed by atoms with E-state index in [2.05, 4.69) is 68.5 Å². The molecule has 0 fully saturated rings. The first-order valence-corrected chi connectivity index (χ1v) is 28.1. The maximum Gasteiger partial charge on any atom is 2.00 e. The zero-order chi connectivity index (χ0) is 62.1. The van der Waals surface area contributed by atoms with Crippen LogP contribution in [0.25, 0.3) is 43.1 Å². The fraction of sp³-hybridized carbons (Fsp3) is 0.111. The summed E-state index contributed by atoms with van der Waals surface area (Å²) in [6.07, 6.45) is 22.0. The van der Waals surface area contributed by atoms with E-state index < -0.39 is 46.9 Å². The molecule has 488 valence electrons. The van der Waals surface area contributed by atoms with E-state index in [4.69, 9.17) is 0 Å². The van der Waals surface area contributed by atoms with Crippen LogP contribution in [0.2, 0.25) is 0 Å². The van der Waals surface area contributed by atoms with Gasteiger partial charge >= 0.3 is 39.2 Å². The van der Waals surface area contributed by atoms with Crippen molar-refractivity contribution in [3.8, 4) is 23.0 Å². The van der Waals surface area contributed by atoms with Crippen molar-refractivity contribution in [3.05, 3.63) is 286 Å². The van der Waals surface area contributed by atoms with E-state index in [1.807, 2.05) is 49.6 Å². The molecule has 0 amide bonds. The number of hydrogen-bond donors (Lipinski definition) is 4. The molecule has 20 N–H and O–H groups in total. The van der Waals surface area contributed by atoms with Gasteiger partial charge in [0.1, 0.15) is 11.5 Å². The standard InChI is InChI=1S/2C23H16O6.2C13H14N2.Cd.6H2O/c2*24-20-16(14-7-3-1-5-12(14)9-18(20)22(26)27)11-17-15-8-4-2-6-13(15)10-19(21(17)25)23(28)29;2*1(2-12-4-8-14-9-5-12)3-13-6-10-15-11-7-13;;;;;;;/h2*1-10,24-25H,11H2,(H,26,27)(H,28,29);2*4-11H,1-3H2;;6*1H2/q;;;;+2;;;;;;. The third-order valence-corrected chi connectivity index (χ3v) is 15.0. The fourth-order valence-corrected chi connectivity index (χ4v) is 10.6. The van der Waals surface area contributed by atoms with Crippen LogP contribution in [-0.4, -0.2) is 76.2 Å². The van der Waals surface area contributed by atoms with Gasteiger partial charge in [-0.3, -0.25) is 9.97 Å². The zero-order valence-corrected chi connectivity index (χ0v) is 55.3. The number of carbonyl (C=O) groups excluding carboxylic acids is 2. The summed E-state index contributed by atoms with van der Waals surface area (Å²) in [6, 6.07) is 49.5. The number of aromatic hydroxyl groups is 2. The molecule has 0 atom stereocenters. The number of phenols is 2. The Hall–Kier alpha value is -10.8. The topological polar surface area (TPSA) is 487 Å². The average molecular weight is 1390 g/mol. The van der Waals surface area contributed by atoms with Crippen LogP contribution < -0.4 is 30.4 Å². The molecule has 0 saturated carbocycles. The molecular weight excluding hydrogens is 1320 g/mol. The number of nitrogens with zero attached hydrogens (tertiary/aromatic N) is 2. The summed E-state index contributed by atoms with van der Waals surface area (Å²) in [6.45, 7) is 0. The minimum atomic E-state index is -1.54. The third kappa shape index (κ3) is 20.1. The smallest absolute Gasteiger partial charge is 0.872 e. The normalized spacial score (nSPS) is 9.94. The van der Waals surface area contributed by atoms with E-state index >= 15 is 0 Å². The van der Waals surface area contributed by atoms with Gasteiger partial charge in [0.25, 0.3) is 0 Å². The number of benzene rings is 8. The first kappa shape index (κ1) is 80.3. The molecule has 0 aliphatic rings. The molecule has 0 radical (unpaired) electrons. The van der Waals surface area contributed by atoms with E-state index in [9.17, 15) is 60.0 Å². The molecule has 12 aromatic rings. The van der Waals surface area contributed by atoms with Crippen molar-refractivity contribution in [2.75, 3.05) is 0 Å². The van der Waals surface area contributed by atoms with Crippen molar-refractivity contribution in [2.45, 2.75) is 51.4 Å². The van der Waals surface area contributed by atoms with Crippen LogP contribution in [0.3, 0.4) is 0 Å². The maximum atomic E-state index is 12.9. The van der Waals surface area contributed by atoms with Gasteiger partial charge in [0.15, 0.2) is 24.8 Å². The molecule has 12 rings (SSSR count). The number of aromatic nitrogens is 4. The van der Waals surface area contributed by atoms with Crippen LogP contribution >= 0.6 is 0 Å².